The number of nitrogens with two attached hydrogens (primary N) is 2. The summed E-state index contributed by atoms with van der Waals surface area (Å²) in [5.41, 5.74) is 13.6. The Balaban J connectivity index is 1.69. The van der Waals surface area contributed by atoms with Gasteiger partial charge in [0.15, 0.2) is 17.0 Å². The average Bonchev–Trinajstić information content (AvgIpc) is 3.04. The van der Waals surface area contributed by atoms with E-state index in [1.165, 1.54) is 14.2 Å². The number of carbonyl (C=O) groups excluding carboxylic acids is 4. The molecule has 0 unspecified atom stereocenters. The van der Waals surface area contributed by atoms with Crippen molar-refractivity contribution < 1.29 is 33.4 Å². The number of anilines is 3. The molecule has 2 heterocycles. The van der Waals surface area contributed by atoms with E-state index in [1.54, 1.807) is 30.5 Å². The second-order valence-corrected chi connectivity index (χ2v) is 12.0. The number of esters is 2. The normalized spacial score (nSPS) is 11.8. The number of nitrogens with zero attached hydrogens (tertiary/aromatic N) is 5. The third kappa shape index (κ3) is 11.8. The maximum Gasteiger partial charge on any atom is 0.407 e. The second-order valence-electron chi connectivity index (χ2n) is 12.0. The highest BCUT2D eigenvalue weighted by molar-refractivity contribution is 5.97. The fourth-order valence-corrected chi connectivity index (χ4v) is 4.66. The van der Waals surface area contributed by atoms with Crippen LogP contribution in [-0.2, 0) is 30.3 Å². The molecule has 260 valence electrons. The molecule has 3 rings (SSSR count). The van der Waals surface area contributed by atoms with Crippen LogP contribution in [0.4, 0.5) is 22.2 Å². The Morgan fingerprint density at radius 3 is 2.31 bits per heavy atom. The summed E-state index contributed by atoms with van der Waals surface area (Å²) in [4.78, 5) is 67.9. The Labute approximate surface area is 279 Å². The lowest BCUT2D eigenvalue weighted by atomic mass is 10.1. The minimum absolute atomic E-state index is 0.00969. The molecule has 0 radical (unpaired) electrons. The number of unbranched alkanes of at least 4 members (excludes halogenated alkanes) is 3. The molecule has 0 spiro atoms. The van der Waals surface area contributed by atoms with Crippen LogP contribution in [0, 0.1) is 0 Å². The van der Waals surface area contributed by atoms with Crippen molar-refractivity contribution in [3.05, 3.63) is 41.7 Å². The number of amides is 2. The van der Waals surface area contributed by atoms with Gasteiger partial charge in [0.2, 0.25) is 5.95 Å². The number of methoxy groups -OCH3 is 2. The van der Waals surface area contributed by atoms with E-state index >= 15 is 0 Å². The number of carbonyl (C=O) groups is 4. The lowest BCUT2D eigenvalue weighted by Crippen LogP contribution is -2.41. The summed E-state index contributed by atoms with van der Waals surface area (Å²) in [5, 5.41) is 5.41. The Bertz CT molecular complexity index is 1560. The largest absolute Gasteiger partial charge is 0.469 e. The maximum atomic E-state index is 13.0. The van der Waals surface area contributed by atoms with E-state index in [4.69, 9.17) is 20.9 Å². The number of nitrogens with one attached hydrogen (secondary N) is 2. The third-order valence-corrected chi connectivity index (χ3v) is 7.03. The molecule has 6 N–H and O–H groups in total. The highest BCUT2D eigenvalue weighted by Crippen LogP contribution is 2.21. The van der Waals surface area contributed by atoms with Gasteiger partial charge in [-0.05, 0) is 64.3 Å². The van der Waals surface area contributed by atoms with Gasteiger partial charge in [0.05, 0.1) is 32.7 Å². The second kappa shape index (κ2) is 17.6. The van der Waals surface area contributed by atoms with Crippen LogP contribution in [0.2, 0.25) is 0 Å². The molecule has 1 atom stereocenters. The first-order valence-corrected chi connectivity index (χ1v) is 15.6. The van der Waals surface area contributed by atoms with Crippen LogP contribution < -0.4 is 27.0 Å². The van der Waals surface area contributed by atoms with Crippen molar-refractivity contribution in [2.75, 3.05) is 43.7 Å². The topological polar surface area (TPSA) is 227 Å². The molecule has 0 aliphatic carbocycles. The van der Waals surface area contributed by atoms with Gasteiger partial charge >= 0.3 is 18.0 Å². The molecular formula is C32H45N9O7. The monoisotopic (exact) mass is 667 g/mol. The van der Waals surface area contributed by atoms with E-state index in [0.717, 1.165) is 31.4 Å². The summed E-state index contributed by atoms with van der Waals surface area (Å²) in [7, 11) is 2.46. The van der Waals surface area contributed by atoms with Crippen LogP contribution in [0.5, 0.6) is 0 Å². The zero-order valence-electron chi connectivity index (χ0n) is 28.1. The molecule has 0 fully saturated rings. The van der Waals surface area contributed by atoms with Crippen molar-refractivity contribution in [2.24, 2.45) is 0 Å². The fourth-order valence-electron chi connectivity index (χ4n) is 4.66. The van der Waals surface area contributed by atoms with Gasteiger partial charge in [-0.3, -0.25) is 9.59 Å². The maximum absolute atomic E-state index is 13.0. The Morgan fingerprint density at radius 1 is 0.938 bits per heavy atom. The van der Waals surface area contributed by atoms with Crippen molar-refractivity contribution in [3.63, 3.8) is 0 Å². The predicted molar refractivity (Wildman–Crippen MR) is 179 cm³/mol. The van der Waals surface area contributed by atoms with E-state index in [9.17, 15) is 19.2 Å². The standard InChI is InChI=1S/C32H45N9O7/c1-32(2,3)48-31(45)35-16-8-6-7-9-17-41(19-21-18-36-27-25(37-21)26(33)39-30(34)40-27)22-12-10-20(11-13-22)28(43)38-23(29(44)47-5)14-15-24(42)46-4/h10-13,18,23H,6-9,14-17,19H2,1-5H3,(H,35,45)(H,38,43)(H4,33,34,36,39,40)/t23-/m0/s1. The van der Waals surface area contributed by atoms with E-state index in [0.29, 0.717) is 42.1 Å². The molecule has 0 saturated carbocycles. The van der Waals surface area contributed by atoms with Crippen molar-refractivity contribution >= 4 is 52.6 Å². The van der Waals surface area contributed by atoms with Crippen LogP contribution in [0.15, 0.2) is 30.5 Å². The molecule has 48 heavy (non-hydrogen) atoms. The van der Waals surface area contributed by atoms with Gasteiger partial charge in [-0.25, -0.2) is 19.6 Å². The van der Waals surface area contributed by atoms with Crippen molar-refractivity contribution in [3.8, 4) is 0 Å². The summed E-state index contributed by atoms with van der Waals surface area (Å²) >= 11 is 0. The number of hydrogen-bond donors (Lipinski definition) is 4. The number of benzene rings is 1. The number of aromatic nitrogens is 4. The van der Waals surface area contributed by atoms with Crippen LogP contribution in [0.3, 0.4) is 0 Å². The SMILES string of the molecule is COC(=O)CC[C@H](NC(=O)c1ccc(N(CCCCCCNC(=O)OC(C)(C)C)Cc2cnc3nc(N)nc(N)c3n2)cc1)C(=O)OC. The predicted octanol–water partition coefficient (Wildman–Crippen LogP) is 2.90. The Hall–Kier alpha value is -5.28. The van der Waals surface area contributed by atoms with Crippen LogP contribution in [0.1, 0.15) is 75.3 Å². The highest BCUT2D eigenvalue weighted by Gasteiger charge is 2.24. The van der Waals surface area contributed by atoms with Gasteiger partial charge in [-0.2, -0.15) is 9.97 Å². The molecular weight excluding hydrogens is 622 g/mol. The highest BCUT2D eigenvalue weighted by atomic mass is 16.6. The molecule has 0 saturated heterocycles. The molecule has 16 nitrogen and oxygen atoms in total. The first kappa shape index (κ1) is 37.2. The smallest absolute Gasteiger partial charge is 0.407 e. The number of rotatable bonds is 16. The lowest BCUT2D eigenvalue weighted by molar-refractivity contribution is -0.144. The van der Waals surface area contributed by atoms with E-state index in [-0.39, 0.29) is 24.6 Å². The molecule has 0 aliphatic rings. The van der Waals surface area contributed by atoms with Gasteiger partial charge in [0, 0.05) is 30.8 Å². The van der Waals surface area contributed by atoms with Crippen molar-refractivity contribution in [1.29, 1.82) is 0 Å². The lowest BCUT2D eigenvalue weighted by Gasteiger charge is -2.25. The van der Waals surface area contributed by atoms with Gasteiger partial charge in [-0.15, -0.1) is 0 Å². The van der Waals surface area contributed by atoms with Gasteiger partial charge in [-0.1, -0.05) is 12.8 Å². The summed E-state index contributed by atoms with van der Waals surface area (Å²) in [6, 6.07) is 5.88. The molecule has 0 bridgehead atoms. The number of nitrogen functional groups attached to an aromatic ring is 2. The molecule has 2 amide bonds. The Kier molecular flexibility index (Phi) is 13.6. The fraction of sp³-hybridized carbons (Fsp3) is 0.500. The van der Waals surface area contributed by atoms with Gasteiger partial charge in [0.1, 0.15) is 11.6 Å². The zero-order chi connectivity index (χ0) is 35.3. The first-order valence-electron chi connectivity index (χ1n) is 15.6. The number of fused-ring (bicyclic) bond motifs is 1. The van der Waals surface area contributed by atoms with Gasteiger partial charge in [0.25, 0.3) is 5.91 Å². The Morgan fingerprint density at radius 2 is 1.65 bits per heavy atom. The molecule has 16 heteroatoms. The van der Waals surface area contributed by atoms with Crippen LogP contribution >= 0.6 is 0 Å². The quantitative estimate of drug-likeness (QED) is 0.0979. The minimum Gasteiger partial charge on any atom is -0.469 e. The van der Waals surface area contributed by atoms with Crippen LogP contribution in [0.25, 0.3) is 11.2 Å². The first-order chi connectivity index (χ1) is 22.8. The van der Waals surface area contributed by atoms with E-state index in [1.807, 2.05) is 20.8 Å². The summed E-state index contributed by atoms with van der Waals surface area (Å²) in [6.07, 6.45) is 4.57. The van der Waals surface area contributed by atoms with Crippen LogP contribution in [-0.4, -0.2) is 82.8 Å². The summed E-state index contributed by atoms with van der Waals surface area (Å²) in [6.45, 7) is 6.99. The summed E-state index contributed by atoms with van der Waals surface area (Å²) < 4.78 is 14.7. The number of alkyl carbamates (subject to hydrolysis) is 1. The van der Waals surface area contributed by atoms with Crippen molar-refractivity contribution in [1.82, 2.24) is 30.6 Å². The zero-order valence-corrected chi connectivity index (χ0v) is 28.1. The van der Waals surface area contributed by atoms with E-state index < -0.39 is 35.6 Å². The molecule has 3 aromatic rings. The third-order valence-electron chi connectivity index (χ3n) is 7.03. The minimum atomic E-state index is -1.02. The van der Waals surface area contributed by atoms with E-state index in [2.05, 4.69) is 40.2 Å². The molecule has 0 aliphatic heterocycles. The molecule has 2 aromatic heterocycles. The van der Waals surface area contributed by atoms with Crippen molar-refractivity contribution in [2.45, 2.75) is 77.5 Å². The van der Waals surface area contributed by atoms with Gasteiger partial charge < -0.3 is 41.2 Å². The average molecular weight is 668 g/mol. The molecule has 1 aromatic carbocycles. The summed E-state index contributed by atoms with van der Waals surface area (Å²) in [5.74, 6) is -1.53. The number of hydrogen-bond acceptors (Lipinski definition) is 14. The number of ether oxygens (including phenoxy) is 3.